The number of carbonyl (C=O) groups is 1. The van der Waals surface area contributed by atoms with Crippen molar-refractivity contribution in [3.8, 4) is 0 Å². The number of alkyl carbamates (subject to hydrolysis) is 1. The molecule has 0 aliphatic carbocycles. The molecule has 0 atom stereocenters. The van der Waals surface area contributed by atoms with Gasteiger partial charge in [-0.2, -0.15) is 0 Å². The maximum atomic E-state index is 11.6. The summed E-state index contributed by atoms with van der Waals surface area (Å²) < 4.78 is 5.18. The van der Waals surface area contributed by atoms with Crippen molar-refractivity contribution in [3.05, 3.63) is 35.4 Å². The van der Waals surface area contributed by atoms with Gasteiger partial charge in [-0.25, -0.2) is 4.79 Å². The van der Waals surface area contributed by atoms with Crippen LogP contribution in [0.15, 0.2) is 24.3 Å². The van der Waals surface area contributed by atoms with Gasteiger partial charge in [0, 0.05) is 13.1 Å². The number of amides is 1. The number of ether oxygens (including phenoxy) is 1. The molecule has 0 aliphatic heterocycles. The molecule has 0 bridgehead atoms. The Kier molecular flexibility index (Phi) is 7.71. The highest BCUT2D eigenvalue weighted by atomic mass is 16.6. The van der Waals surface area contributed by atoms with Crippen LogP contribution in [-0.2, 0) is 17.6 Å². The summed E-state index contributed by atoms with van der Waals surface area (Å²) in [6.07, 6.45) is 1.07. The Morgan fingerprint density at radius 2 is 1.52 bits per heavy atom. The van der Waals surface area contributed by atoms with Crippen LogP contribution in [-0.4, -0.2) is 36.7 Å². The van der Waals surface area contributed by atoms with Crippen molar-refractivity contribution in [3.63, 3.8) is 0 Å². The minimum absolute atomic E-state index is 0.0114. The topological polar surface area (TPSA) is 136 Å². The van der Waals surface area contributed by atoms with E-state index in [0.29, 0.717) is 13.1 Å². The molecule has 8 heteroatoms. The zero-order valence-electron chi connectivity index (χ0n) is 15.0. The van der Waals surface area contributed by atoms with Gasteiger partial charge in [-0.05, 0) is 44.7 Å². The van der Waals surface area contributed by atoms with Gasteiger partial charge in [-0.3, -0.25) is 16.1 Å². The number of guanidine groups is 2. The molecule has 0 fully saturated rings. The van der Waals surface area contributed by atoms with Crippen molar-refractivity contribution in [1.82, 2.24) is 16.0 Å². The van der Waals surface area contributed by atoms with Crippen LogP contribution in [0.5, 0.6) is 0 Å². The van der Waals surface area contributed by atoms with E-state index in [1.807, 2.05) is 45.0 Å². The maximum absolute atomic E-state index is 11.6. The van der Waals surface area contributed by atoms with Gasteiger partial charge in [-0.1, -0.05) is 24.3 Å². The molecule has 138 valence electrons. The number of nitrogens with two attached hydrogens (primary N) is 1. The quantitative estimate of drug-likeness (QED) is 0.340. The molecule has 1 rings (SSSR count). The fourth-order valence-corrected chi connectivity index (χ4v) is 2.01. The fraction of sp³-hybridized carbons (Fsp3) is 0.471. The molecule has 25 heavy (non-hydrogen) atoms. The van der Waals surface area contributed by atoms with E-state index in [2.05, 4.69) is 16.0 Å². The van der Waals surface area contributed by atoms with Crippen LogP contribution in [0.25, 0.3) is 0 Å². The summed E-state index contributed by atoms with van der Waals surface area (Å²) in [7, 11) is 0. The van der Waals surface area contributed by atoms with Gasteiger partial charge in [0.05, 0.1) is 0 Å². The van der Waals surface area contributed by atoms with Crippen molar-refractivity contribution >= 4 is 18.0 Å². The highest BCUT2D eigenvalue weighted by Gasteiger charge is 2.15. The van der Waals surface area contributed by atoms with Crippen LogP contribution >= 0.6 is 0 Å². The predicted molar refractivity (Wildman–Crippen MR) is 98.9 cm³/mol. The minimum atomic E-state index is -0.490. The highest BCUT2D eigenvalue weighted by Crippen LogP contribution is 2.07. The van der Waals surface area contributed by atoms with E-state index >= 15 is 0 Å². The summed E-state index contributed by atoms with van der Waals surface area (Å²) in [5.74, 6) is -0.251. The lowest BCUT2D eigenvalue weighted by Crippen LogP contribution is -2.43. The van der Waals surface area contributed by atoms with Gasteiger partial charge in [0.1, 0.15) is 5.60 Å². The molecular weight excluding hydrogens is 320 g/mol. The SMILES string of the molecule is CC(C)(C)OC(=O)NCCc1ccc(CCNC(=N)NC(=N)N)cc1. The molecular formula is C17H28N6O2. The molecule has 0 unspecified atom stereocenters. The molecule has 0 aliphatic rings. The lowest BCUT2D eigenvalue weighted by atomic mass is 10.1. The first kappa shape index (κ1) is 20.3. The first-order valence-corrected chi connectivity index (χ1v) is 8.14. The molecule has 0 radical (unpaired) electrons. The lowest BCUT2D eigenvalue weighted by molar-refractivity contribution is 0.0528. The van der Waals surface area contributed by atoms with Crippen LogP contribution in [0.2, 0.25) is 0 Å². The number of hydrogen-bond donors (Lipinski definition) is 6. The van der Waals surface area contributed by atoms with E-state index in [0.717, 1.165) is 24.0 Å². The Morgan fingerprint density at radius 1 is 1.04 bits per heavy atom. The molecule has 0 saturated heterocycles. The zero-order valence-corrected chi connectivity index (χ0v) is 15.0. The van der Waals surface area contributed by atoms with Crippen LogP contribution in [0.1, 0.15) is 31.9 Å². The molecule has 0 heterocycles. The van der Waals surface area contributed by atoms with E-state index in [4.69, 9.17) is 21.3 Å². The molecule has 1 amide bonds. The van der Waals surface area contributed by atoms with Crippen molar-refractivity contribution in [2.75, 3.05) is 13.1 Å². The predicted octanol–water partition coefficient (Wildman–Crippen LogP) is 1.30. The summed E-state index contributed by atoms with van der Waals surface area (Å²) in [6.45, 7) is 6.58. The Labute approximate surface area is 148 Å². The monoisotopic (exact) mass is 348 g/mol. The van der Waals surface area contributed by atoms with E-state index in [1.165, 1.54) is 0 Å². The fourth-order valence-electron chi connectivity index (χ4n) is 2.01. The smallest absolute Gasteiger partial charge is 0.407 e. The Balaban J connectivity index is 2.28. The minimum Gasteiger partial charge on any atom is -0.444 e. The van der Waals surface area contributed by atoms with Crippen molar-refractivity contribution < 1.29 is 9.53 Å². The standard InChI is InChI=1S/C17H28N6O2/c1-17(2,3)25-16(24)22-11-9-13-6-4-12(5-7-13)8-10-21-15(20)23-14(18)19/h4-7H,8-11H2,1-3H3,(H,22,24)(H6,18,19,20,21,23). The summed E-state index contributed by atoms with van der Waals surface area (Å²) in [4.78, 5) is 11.6. The van der Waals surface area contributed by atoms with Gasteiger partial charge in [0.25, 0.3) is 0 Å². The van der Waals surface area contributed by atoms with Gasteiger partial charge < -0.3 is 21.1 Å². The zero-order chi connectivity index (χ0) is 18.9. The van der Waals surface area contributed by atoms with Crippen molar-refractivity contribution in [2.45, 2.75) is 39.2 Å². The molecule has 1 aromatic carbocycles. The lowest BCUT2D eigenvalue weighted by Gasteiger charge is -2.19. The van der Waals surface area contributed by atoms with Gasteiger partial charge >= 0.3 is 6.09 Å². The molecule has 7 N–H and O–H groups in total. The molecule has 1 aromatic rings. The Morgan fingerprint density at radius 3 is 1.96 bits per heavy atom. The number of rotatable bonds is 6. The van der Waals surface area contributed by atoms with Crippen LogP contribution in [0, 0.1) is 10.8 Å². The first-order valence-electron chi connectivity index (χ1n) is 8.14. The second kappa shape index (κ2) is 9.51. The number of benzene rings is 1. The van der Waals surface area contributed by atoms with Gasteiger partial charge in [-0.15, -0.1) is 0 Å². The van der Waals surface area contributed by atoms with Crippen molar-refractivity contribution in [1.29, 1.82) is 10.8 Å². The van der Waals surface area contributed by atoms with Crippen LogP contribution in [0.4, 0.5) is 4.79 Å². The first-order chi connectivity index (χ1) is 11.7. The molecule has 8 nitrogen and oxygen atoms in total. The third-order valence-electron chi connectivity index (χ3n) is 3.08. The summed E-state index contributed by atoms with van der Waals surface area (Å²) in [6, 6.07) is 8.08. The van der Waals surface area contributed by atoms with E-state index in [-0.39, 0.29) is 11.9 Å². The second-order valence-electron chi connectivity index (χ2n) is 6.59. The Bertz CT molecular complexity index is 592. The number of carbonyl (C=O) groups excluding carboxylic acids is 1. The second-order valence-corrected chi connectivity index (χ2v) is 6.59. The summed E-state index contributed by atoms with van der Waals surface area (Å²) in [5, 5.41) is 22.5. The maximum Gasteiger partial charge on any atom is 0.407 e. The third kappa shape index (κ3) is 9.85. The van der Waals surface area contributed by atoms with Gasteiger partial charge in [0.15, 0.2) is 11.9 Å². The third-order valence-corrected chi connectivity index (χ3v) is 3.08. The van der Waals surface area contributed by atoms with Gasteiger partial charge in [0.2, 0.25) is 0 Å². The van der Waals surface area contributed by atoms with E-state index in [9.17, 15) is 4.79 Å². The van der Waals surface area contributed by atoms with E-state index < -0.39 is 11.7 Å². The number of hydrogen-bond acceptors (Lipinski definition) is 4. The molecule has 0 aromatic heterocycles. The van der Waals surface area contributed by atoms with Crippen LogP contribution < -0.4 is 21.7 Å². The van der Waals surface area contributed by atoms with Crippen molar-refractivity contribution in [2.24, 2.45) is 5.73 Å². The Hall–Kier alpha value is -2.77. The number of nitrogens with one attached hydrogen (secondary N) is 5. The van der Waals surface area contributed by atoms with Crippen LogP contribution in [0.3, 0.4) is 0 Å². The summed E-state index contributed by atoms with van der Waals surface area (Å²) in [5.41, 5.74) is 6.90. The molecule has 0 saturated carbocycles. The summed E-state index contributed by atoms with van der Waals surface area (Å²) >= 11 is 0. The highest BCUT2D eigenvalue weighted by molar-refractivity contribution is 5.94. The average Bonchev–Trinajstić information content (AvgIpc) is 2.46. The normalized spacial score (nSPS) is 10.7. The largest absolute Gasteiger partial charge is 0.444 e. The van der Waals surface area contributed by atoms with E-state index in [1.54, 1.807) is 0 Å². The molecule has 0 spiro atoms. The average molecular weight is 348 g/mol.